The van der Waals surface area contributed by atoms with Gasteiger partial charge in [0.2, 0.25) is 5.91 Å². The summed E-state index contributed by atoms with van der Waals surface area (Å²) >= 11 is 0. The molecule has 140 valence electrons. The number of carbonyl (C=O) groups excluding carboxylic acids is 2. The number of unbranched alkanes of at least 4 members (excludes halogenated alkanes) is 1. The maximum atomic E-state index is 12.5. The normalized spacial score (nSPS) is 11.6. The van der Waals surface area contributed by atoms with Crippen molar-refractivity contribution in [3.05, 3.63) is 43.0 Å². The fourth-order valence-electron chi connectivity index (χ4n) is 2.44. The predicted molar refractivity (Wildman–Crippen MR) is 98.8 cm³/mol. The number of hydrogen-bond donors (Lipinski definition) is 3. The molecule has 0 fully saturated rings. The molecule has 4 N–H and O–H groups in total. The number of hydrogen-bond acceptors (Lipinski definition) is 4. The molecule has 0 saturated carbocycles. The van der Waals surface area contributed by atoms with Crippen LogP contribution in [0.5, 0.6) is 5.75 Å². The first-order chi connectivity index (χ1) is 12.6. The van der Waals surface area contributed by atoms with Gasteiger partial charge in [0, 0.05) is 12.4 Å². The fourth-order valence-corrected chi connectivity index (χ4v) is 2.44. The Hall–Kier alpha value is -3.03. The molecule has 1 heterocycles. The van der Waals surface area contributed by atoms with Gasteiger partial charge >= 0.3 is 6.03 Å². The summed E-state index contributed by atoms with van der Waals surface area (Å²) in [6.45, 7) is 3.09. The van der Waals surface area contributed by atoms with E-state index in [4.69, 9.17) is 10.5 Å². The van der Waals surface area contributed by atoms with Crippen molar-refractivity contribution in [1.82, 2.24) is 14.9 Å². The number of amides is 3. The van der Waals surface area contributed by atoms with Crippen molar-refractivity contribution in [3.63, 3.8) is 0 Å². The van der Waals surface area contributed by atoms with Gasteiger partial charge in [-0.2, -0.15) is 0 Å². The number of benzene rings is 1. The molecule has 0 aliphatic carbocycles. The average molecular weight is 359 g/mol. The molecule has 0 aliphatic rings. The first-order valence-electron chi connectivity index (χ1n) is 8.64. The van der Waals surface area contributed by atoms with Crippen molar-refractivity contribution in [2.75, 3.05) is 11.9 Å². The van der Waals surface area contributed by atoms with Crippen LogP contribution in [0.25, 0.3) is 0 Å². The van der Waals surface area contributed by atoms with Crippen molar-refractivity contribution >= 4 is 17.6 Å². The lowest BCUT2D eigenvalue weighted by molar-refractivity contribution is -0.118. The Morgan fingerprint density at radius 2 is 2.15 bits per heavy atom. The minimum atomic E-state index is -0.717. The number of carbonyl (C=O) groups is 2. The number of nitrogens with zero attached hydrogens (tertiary/aromatic N) is 2. The minimum absolute atomic E-state index is 0.317. The summed E-state index contributed by atoms with van der Waals surface area (Å²) in [6, 6.07) is 5.79. The number of anilines is 1. The summed E-state index contributed by atoms with van der Waals surface area (Å²) < 4.78 is 7.68. The molecule has 1 aromatic carbocycles. The van der Waals surface area contributed by atoms with E-state index in [1.54, 1.807) is 30.7 Å². The van der Waals surface area contributed by atoms with Gasteiger partial charge in [0.15, 0.2) is 0 Å². The molecule has 0 saturated heterocycles. The van der Waals surface area contributed by atoms with E-state index in [0.29, 0.717) is 31.0 Å². The van der Waals surface area contributed by atoms with Crippen molar-refractivity contribution in [3.8, 4) is 5.75 Å². The molecule has 1 atom stereocenters. The quantitative estimate of drug-likeness (QED) is 0.603. The number of para-hydroxylation sites is 2. The van der Waals surface area contributed by atoms with Crippen LogP contribution in [-0.2, 0) is 11.3 Å². The summed E-state index contributed by atoms with van der Waals surface area (Å²) in [5.41, 5.74) is 5.73. The Bertz CT molecular complexity index is 703. The number of primary amides is 1. The highest BCUT2D eigenvalue weighted by Crippen LogP contribution is 2.24. The molecule has 0 spiro atoms. The lowest BCUT2D eigenvalue weighted by Crippen LogP contribution is -2.46. The summed E-state index contributed by atoms with van der Waals surface area (Å²) in [6.07, 6.45) is 7.51. The lowest BCUT2D eigenvalue weighted by atomic mass is 10.1. The first-order valence-corrected chi connectivity index (χ1v) is 8.64. The van der Waals surface area contributed by atoms with Crippen LogP contribution in [0, 0.1) is 0 Å². The van der Waals surface area contributed by atoms with Crippen LogP contribution >= 0.6 is 0 Å². The van der Waals surface area contributed by atoms with Crippen LogP contribution < -0.4 is 21.1 Å². The number of nitrogens with two attached hydrogens (primary N) is 1. The maximum absolute atomic E-state index is 12.5. The number of aromatic nitrogens is 2. The van der Waals surface area contributed by atoms with Gasteiger partial charge < -0.3 is 25.7 Å². The van der Waals surface area contributed by atoms with Crippen LogP contribution in [-0.4, -0.2) is 34.1 Å². The maximum Gasteiger partial charge on any atom is 0.312 e. The van der Waals surface area contributed by atoms with E-state index >= 15 is 0 Å². The van der Waals surface area contributed by atoms with Gasteiger partial charge in [-0.15, -0.1) is 0 Å². The second-order valence-corrected chi connectivity index (χ2v) is 5.84. The summed E-state index contributed by atoms with van der Waals surface area (Å²) in [5.74, 6) is 0.247. The lowest BCUT2D eigenvalue weighted by Gasteiger charge is -2.18. The zero-order valence-corrected chi connectivity index (χ0v) is 14.9. The van der Waals surface area contributed by atoms with Crippen LogP contribution in [0.4, 0.5) is 10.5 Å². The SMILES string of the molecule is CCCCC(NC(N)=O)C(=O)Nc1ccccc1OCCn1ccnc1. The van der Waals surface area contributed by atoms with Gasteiger partial charge in [0.1, 0.15) is 18.4 Å². The molecule has 2 rings (SSSR count). The smallest absolute Gasteiger partial charge is 0.312 e. The van der Waals surface area contributed by atoms with E-state index in [1.165, 1.54) is 0 Å². The first kappa shape index (κ1) is 19.3. The van der Waals surface area contributed by atoms with E-state index in [9.17, 15) is 9.59 Å². The van der Waals surface area contributed by atoms with E-state index in [1.807, 2.05) is 23.8 Å². The molecule has 1 unspecified atom stereocenters. The topological polar surface area (TPSA) is 111 Å². The number of nitrogens with one attached hydrogen (secondary N) is 2. The number of ether oxygens (including phenoxy) is 1. The fraction of sp³-hybridized carbons (Fsp3) is 0.389. The predicted octanol–water partition coefficient (Wildman–Crippen LogP) is 2.13. The number of imidazole rings is 1. The highest BCUT2D eigenvalue weighted by atomic mass is 16.5. The molecule has 1 aromatic heterocycles. The third-order valence-electron chi connectivity index (χ3n) is 3.79. The van der Waals surface area contributed by atoms with Crippen LogP contribution in [0.1, 0.15) is 26.2 Å². The third-order valence-corrected chi connectivity index (χ3v) is 3.79. The van der Waals surface area contributed by atoms with Crippen molar-refractivity contribution in [1.29, 1.82) is 0 Å². The van der Waals surface area contributed by atoms with Crippen molar-refractivity contribution in [2.24, 2.45) is 5.73 Å². The van der Waals surface area contributed by atoms with Gasteiger partial charge in [-0.3, -0.25) is 4.79 Å². The van der Waals surface area contributed by atoms with Crippen molar-refractivity contribution in [2.45, 2.75) is 38.8 Å². The third kappa shape index (κ3) is 6.12. The summed E-state index contributed by atoms with van der Waals surface area (Å²) in [5, 5.41) is 5.31. The van der Waals surface area contributed by atoms with Crippen molar-refractivity contribution < 1.29 is 14.3 Å². The molecule has 2 aromatic rings. The molecule has 26 heavy (non-hydrogen) atoms. The van der Waals surface area contributed by atoms with Gasteiger partial charge in [0.05, 0.1) is 18.6 Å². The van der Waals surface area contributed by atoms with E-state index < -0.39 is 12.1 Å². The van der Waals surface area contributed by atoms with Crippen LogP contribution in [0.2, 0.25) is 0 Å². The molecule has 8 nitrogen and oxygen atoms in total. The molecular formula is C18H25N5O3. The number of urea groups is 1. The summed E-state index contributed by atoms with van der Waals surface area (Å²) in [4.78, 5) is 27.6. The van der Waals surface area contributed by atoms with Gasteiger partial charge in [-0.1, -0.05) is 31.9 Å². The highest BCUT2D eigenvalue weighted by molar-refractivity contribution is 5.97. The van der Waals surface area contributed by atoms with Gasteiger partial charge in [0.25, 0.3) is 0 Å². The zero-order valence-electron chi connectivity index (χ0n) is 14.9. The van der Waals surface area contributed by atoms with Gasteiger partial charge in [-0.25, -0.2) is 9.78 Å². The zero-order chi connectivity index (χ0) is 18.8. The molecule has 8 heteroatoms. The molecule has 3 amide bonds. The second kappa shape index (κ2) is 10.1. The van der Waals surface area contributed by atoms with Gasteiger partial charge in [-0.05, 0) is 18.6 Å². The van der Waals surface area contributed by atoms with E-state index in [-0.39, 0.29) is 5.91 Å². The minimum Gasteiger partial charge on any atom is -0.490 e. The Labute approximate surface area is 152 Å². The van der Waals surface area contributed by atoms with Crippen LogP contribution in [0.3, 0.4) is 0 Å². The monoisotopic (exact) mass is 359 g/mol. The number of rotatable bonds is 10. The molecule has 0 bridgehead atoms. The second-order valence-electron chi connectivity index (χ2n) is 5.84. The Balaban J connectivity index is 1.98. The molecule has 0 aliphatic heterocycles. The Morgan fingerprint density at radius 3 is 2.85 bits per heavy atom. The average Bonchev–Trinajstić information content (AvgIpc) is 3.13. The Morgan fingerprint density at radius 1 is 1.35 bits per heavy atom. The van der Waals surface area contributed by atoms with Crippen LogP contribution in [0.15, 0.2) is 43.0 Å². The van der Waals surface area contributed by atoms with E-state index in [2.05, 4.69) is 15.6 Å². The largest absolute Gasteiger partial charge is 0.490 e. The molecular weight excluding hydrogens is 334 g/mol. The standard InChI is InChI=1S/C18H25N5O3/c1-2-3-6-15(22-18(19)25)17(24)21-14-7-4-5-8-16(14)26-12-11-23-10-9-20-13-23/h4-5,7-10,13,15H,2-3,6,11-12H2,1H3,(H,21,24)(H3,19,22,25). The Kier molecular flexibility index (Phi) is 7.48. The summed E-state index contributed by atoms with van der Waals surface area (Å²) in [7, 11) is 0. The van der Waals surface area contributed by atoms with E-state index in [0.717, 1.165) is 12.8 Å². The molecule has 0 radical (unpaired) electrons. The highest BCUT2D eigenvalue weighted by Gasteiger charge is 2.20.